The summed E-state index contributed by atoms with van der Waals surface area (Å²) in [5, 5.41) is 12.2. The van der Waals surface area contributed by atoms with Crippen molar-refractivity contribution >= 4 is 35.0 Å². The van der Waals surface area contributed by atoms with Gasteiger partial charge in [-0.1, -0.05) is 43.3 Å². The van der Waals surface area contributed by atoms with Gasteiger partial charge in [-0.05, 0) is 36.3 Å². The predicted molar refractivity (Wildman–Crippen MR) is 100 cm³/mol. The molecule has 2 aromatic carbocycles. The number of aromatic nitrogens is 1. The number of fused-ring (bicyclic) bond motifs is 1. The van der Waals surface area contributed by atoms with Crippen molar-refractivity contribution in [2.45, 2.75) is 13.3 Å². The molecule has 0 aliphatic carbocycles. The van der Waals surface area contributed by atoms with E-state index < -0.39 is 0 Å². The Morgan fingerprint density at radius 3 is 2.68 bits per heavy atom. The average Bonchev–Trinajstić information content (AvgIpc) is 3.10. The maximum absolute atomic E-state index is 12.4. The Morgan fingerprint density at radius 1 is 1.16 bits per heavy atom. The monoisotopic (exact) mass is 366 g/mol. The molecule has 4 nitrogen and oxygen atoms in total. The second-order valence-corrected chi connectivity index (χ2v) is 7.29. The topological polar surface area (TPSA) is 54.6 Å². The van der Waals surface area contributed by atoms with Crippen molar-refractivity contribution in [2.75, 3.05) is 0 Å². The van der Waals surface area contributed by atoms with Crippen LogP contribution in [0.15, 0.2) is 53.5 Å². The lowest BCUT2D eigenvalue weighted by atomic mass is 10.1. The Bertz CT molecular complexity index is 1190. The molecule has 1 aromatic heterocycles. The molecular formula is C19H14N2O2S2. The fourth-order valence-corrected chi connectivity index (χ4v) is 4.42. The summed E-state index contributed by atoms with van der Waals surface area (Å²) in [6, 6.07) is 15.1. The third kappa shape index (κ3) is 2.45. The fraction of sp³-hybridized carbons (Fsp3) is 0.105. The highest BCUT2D eigenvalue weighted by Gasteiger charge is 2.25. The van der Waals surface area contributed by atoms with Crippen molar-refractivity contribution in [3.8, 4) is 11.6 Å². The number of thiazole rings is 1. The van der Waals surface area contributed by atoms with Gasteiger partial charge in [-0.3, -0.25) is 9.36 Å². The largest absolute Gasteiger partial charge is 0.493 e. The van der Waals surface area contributed by atoms with Crippen LogP contribution in [0, 0.1) is 3.95 Å². The second-order valence-electron chi connectivity index (χ2n) is 5.65. The van der Waals surface area contributed by atoms with E-state index in [1.807, 2.05) is 42.5 Å². The lowest BCUT2D eigenvalue weighted by Crippen LogP contribution is -2.22. The van der Waals surface area contributed by atoms with Gasteiger partial charge in [0.05, 0.1) is 16.6 Å². The van der Waals surface area contributed by atoms with Gasteiger partial charge in [-0.25, -0.2) is 4.99 Å². The first-order chi connectivity index (χ1) is 12.1. The summed E-state index contributed by atoms with van der Waals surface area (Å²) in [7, 11) is 0. The summed E-state index contributed by atoms with van der Waals surface area (Å²) in [4.78, 5) is 17.0. The molecule has 0 unspecified atom stereocenters. The number of carbonyl (C=O) groups is 1. The molecular weight excluding hydrogens is 352 g/mol. The first-order valence-electron chi connectivity index (χ1n) is 7.87. The van der Waals surface area contributed by atoms with E-state index in [4.69, 9.17) is 12.2 Å². The molecule has 0 spiro atoms. The molecule has 0 fully saturated rings. The van der Waals surface area contributed by atoms with Gasteiger partial charge in [-0.2, -0.15) is 0 Å². The quantitative estimate of drug-likeness (QED) is 0.725. The normalized spacial score (nSPS) is 13.0. The molecule has 3 aromatic rings. The molecule has 0 saturated carbocycles. The summed E-state index contributed by atoms with van der Waals surface area (Å²) >= 11 is 6.72. The standard InChI is InChI=1S/C19H14N2O2S2/c1-2-11-7-3-6-10-14(11)21-18(23)16(25-19(21)24)15-12-8-4-5-9-13(12)20-17(15)22/h3-10,23H,2H2,1H3. The van der Waals surface area contributed by atoms with Gasteiger partial charge in [0, 0.05) is 5.22 Å². The minimum Gasteiger partial charge on any atom is -0.493 e. The lowest BCUT2D eigenvalue weighted by Gasteiger charge is -2.10. The molecule has 1 N–H and O–H groups in total. The number of benzene rings is 2. The predicted octanol–water partition coefficient (Wildman–Crippen LogP) is 2.90. The van der Waals surface area contributed by atoms with Crippen LogP contribution in [-0.2, 0) is 11.2 Å². The molecule has 1 aliphatic rings. The number of nitrogens with zero attached hydrogens (tertiary/aromatic N) is 2. The Kier molecular flexibility index (Phi) is 3.86. The van der Waals surface area contributed by atoms with Crippen LogP contribution >= 0.6 is 23.6 Å². The van der Waals surface area contributed by atoms with E-state index in [9.17, 15) is 9.90 Å². The highest BCUT2D eigenvalue weighted by Crippen LogP contribution is 2.35. The highest BCUT2D eigenvalue weighted by atomic mass is 32.1. The van der Waals surface area contributed by atoms with Crippen molar-refractivity contribution in [1.29, 1.82) is 0 Å². The van der Waals surface area contributed by atoms with Crippen LogP contribution in [-0.4, -0.2) is 15.6 Å². The Morgan fingerprint density at radius 2 is 1.88 bits per heavy atom. The molecule has 25 heavy (non-hydrogen) atoms. The SMILES string of the molecule is CCc1ccccc1-n1c(O)c(C2=c3ccccc3=NC2=O)sc1=S. The summed E-state index contributed by atoms with van der Waals surface area (Å²) in [5.74, 6) is -0.352. The van der Waals surface area contributed by atoms with Crippen LogP contribution in [0.3, 0.4) is 0 Å². The summed E-state index contributed by atoms with van der Waals surface area (Å²) in [5.41, 5.74) is 2.33. The maximum atomic E-state index is 12.4. The van der Waals surface area contributed by atoms with Crippen LogP contribution in [0.4, 0.5) is 0 Å². The lowest BCUT2D eigenvalue weighted by molar-refractivity contribution is -0.112. The van der Waals surface area contributed by atoms with Crippen molar-refractivity contribution in [3.63, 3.8) is 0 Å². The smallest absolute Gasteiger partial charge is 0.279 e. The van der Waals surface area contributed by atoms with Gasteiger partial charge in [0.25, 0.3) is 5.91 Å². The van der Waals surface area contributed by atoms with Gasteiger partial charge in [-0.15, -0.1) is 11.3 Å². The summed E-state index contributed by atoms with van der Waals surface area (Å²) in [6.07, 6.45) is 0.816. The van der Waals surface area contributed by atoms with Gasteiger partial charge >= 0.3 is 0 Å². The number of hydrogen-bond acceptors (Lipinski definition) is 4. The van der Waals surface area contributed by atoms with Crippen LogP contribution < -0.4 is 10.6 Å². The van der Waals surface area contributed by atoms with Gasteiger partial charge in [0.2, 0.25) is 5.88 Å². The van der Waals surface area contributed by atoms with E-state index in [0.29, 0.717) is 19.8 Å². The molecule has 4 rings (SSSR count). The number of rotatable bonds is 3. The Hall–Kier alpha value is -2.57. The second kappa shape index (κ2) is 6.06. The molecule has 0 radical (unpaired) electrons. The van der Waals surface area contributed by atoms with E-state index in [-0.39, 0.29) is 11.8 Å². The minimum atomic E-state index is -0.344. The molecule has 124 valence electrons. The van der Waals surface area contributed by atoms with Crippen LogP contribution in [0.2, 0.25) is 0 Å². The van der Waals surface area contributed by atoms with E-state index >= 15 is 0 Å². The molecule has 0 atom stereocenters. The van der Waals surface area contributed by atoms with E-state index in [1.165, 1.54) is 11.3 Å². The zero-order chi connectivity index (χ0) is 17.6. The van der Waals surface area contributed by atoms with Crippen molar-refractivity contribution in [2.24, 2.45) is 4.99 Å². The maximum Gasteiger partial charge on any atom is 0.279 e. The van der Waals surface area contributed by atoms with Crippen LogP contribution in [0.25, 0.3) is 11.3 Å². The minimum absolute atomic E-state index is 0.00819. The van der Waals surface area contributed by atoms with E-state index in [1.54, 1.807) is 10.6 Å². The summed E-state index contributed by atoms with van der Waals surface area (Å²) in [6.45, 7) is 2.05. The number of amides is 1. The number of carbonyl (C=O) groups excluding carboxylic acids is 1. The molecule has 0 bridgehead atoms. The third-order valence-corrected chi connectivity index (χ3v) is 5.62. The zero-order valence-electron chi connectivity index (χ0n) is 13.4. The van der Waals surface area contributed by atoms with Gasteiger partial charge in [0.15, 0.2) is 3.95 Å². The molecule has 1 amide bonds. The molecule has 2 heterocycles. The highest BCUT2D eigenvalue weighted by molar-refractivity contribution is 7.73. The number of aryl methyl sites for hydroxylation is 1. The molecule has 0 saturated heterocycles. The van der Waals surface area contributed by atoms with Gasteiger partial charge < -0.3 is 5.11 Å². The van der Waals surface area contributed by atoms with Crippen molar-refractivity contribution in [1.82, 2.24) is 4.57 Å². The Labute approximate surface area is 153 Å². The van der Waals surface area contributed by atoms with Crippen LogP contribution in [0.5, 0.6) is 5.88 Å². The molecule has 1 aliphatic heterocycles. The fourth-order valence-electron chi connectivity index (χ4n) is 3.05. The van der Waals surface area contributed by atoms with Gasteiger partial charge in [0.1, 0.15) is 4.88 Å². The Balaban J connectivity index is 2.02. The third-order valence-electron chi connectivity index (χ3n) is 4.24. The number of para-hydroxylation sites is 2. The van der Waals surface area contributed by atoms with E-state index in [2.05, 4.69) is 11.9 Å². The molecule has 6 heteroatoms. The van der Waals surface area contributed by atoms with Crippen molar-refractivity contribution < 1.29 is 9.90 Å². The zero-order valence-corrected chi connectivity index (χ0v) is 15.0. The van der Waals surface area contributed by atoms with E-state index in [0.717, 1.165) is 22.9 Å². The average molecular weight is 366 g/mol. The number of aromatic hydroxyl groups is 1. The van der Waals surface area contributed by atoms with Crippen LogP contribution in [0.1, 0.15) is 17.4 Å². The number of hydrogen-bond donors (Lipinski definition) is 1. The van der Waals surface area contributed by atoms with Crippen molar-refractivity contribution in [3.05, 3.63) is 73.5 Å². The first-order valence-corrected chi connectivity index (χ1v) is 9.10. The summed E-state index contributed by atoms with van der Waals surface area (Å²) < 4.78 is 2.13. The first kappa shape index (κ1) is 15.9.